The molecule has 0 saturated carbocycles. The molecule has 150 valence electrons. The molecule has 29 heavy (non-hydrogen) atoms. The van der Waals surface area contributed by atoms with Gasteiger partial charge in [-0.2, -0.15) is 0 Å². The minimum Gasteiger partial charge on any atom is -0.382 e. The van der Waals surface area contributed by atoms with Gasteiger partial charge in [-0.1, -0.05) is 55.5 Å². The summed E-state index contributed by atoms with van der Waals surface area (Å²) in [4.78, 5) is 4.51. The normalized spacial score (nSPS) is 29.8. The number of hydrogen-bond donors (Lipinski definition) is 1. The van der Waals surface area contributed by atoms with Crippen molar-refractivity contribution in [2.24, 2.45) is 11.8 Å². The molecule has 3 aliphatic rings. The molecule has 0 radical (unpaired) electrons. The first-order valence-corrected chi connectivity index (χ1v) is 11.1. The molecule has 2 aromatic carbocycles. The zero-order valence-electron chi connectivity index (χ0n) is 17.2. The Labute approximate surface area is 173 Å². The van der Waals surface area contributed by atoms with Crippen LogP contribution >= 0.6 is 0 Å². The maximum Gasteiger partial charge on any atom is 0.131 e. The molecule has 6 rings (SSSR count). The molecule has 1 aromatic heterocycles. The Morgan fingerprint density at radius 1 is 1.07 bits per heavy atom. The number of piperidine rings is 3. The van der Waals surface area contributed by atoms with Gasteiger partial charge in [0.25, 0.3) is 0 Å². The van der Waals surface area contributed by atoms with E-state index in [9.17, 15) is 5.11 Å². The van der Waals surface area contributed by atoms with E-state index < -0.39 is 6.10 Å². The number of fused-ring (bicyclic) bond motifs is 4. The Kier molecular flexibility index (Phi) is 4.89. The Balaban J connectivity index is 1.55. The molecule has 3 aromatic rings. The quantitative estimate of drug-likeness (QED) is 0.618. The highest BCUT2D eigenvalue weighted by Crippen LogP contribution is 2.48. The van der Waals surface area contributed by atoms with Gasteiger partial charge in [-0.3, -0.25) is 4.98 Å². The van der Waals surface area contributed by atoms with Crippen LogP contribution < -0.4 is 0 Å². The van der Waals surface area contributed by atoms with Crippen LogP contribution in [0.15, 0.2) is 66.9 Å². The lowest BCUT2D eigenvalue weighted by Crippen LogP contribution is -2.67. The van der Waals surface area contributed by atoms with Crippen LogP contribution in [0.3, 0.4) is 0 Å². The number of benzene rings is 2. The predicted octanol–water partition coefficient (Wildman–Crippen LogP) is 5.10. The van der Waals surface area contributed by atoms with Crippen LogP contribution in [0.2, 0.25) is 0 Å². The average Bonchev–Trinajstić information content (AvgIpc) is 2.78. The van der Waals surface area contributed by atoms with Crippen molar-refractivity contribution in [1.82, 2.24) is 4.98 Å². The number of hydrogen-bond acceptors (Lipinski definition) is 2. The minimum absolute atomic E-state index is 0.252. The van der Waals surface area contributed by atoms with E-state index in [4.69, 9.17) is 0 Å². The van der Waals surface area contributed by atoms with Gasteiger partial charge in [0.05, 0.1) is 18.6 Å². The molecule has 3 fully saturated rings. The molecule has 3 nitrogen and oxygen atoms in total. The molecule has 3 saturated heterocycles. The van der Waals surface area contributed by atoms with E-state index >= 15 is 0 Å². The summed E-state index contributed by atoms with van der Waals surface area (Å²) in [7, 11) is 0. The fourth-order valence-corrected chi connectivity index (χ4v) is 6.19. The zero-order valence-corrected chi connectivity index (χ0v) is 17.2. The standard InChI is InChI=1S/C26H31N2O/c1-2-20-18-28(17-19-8-4-3-5-9-19)15-13-21(20)16-25(28)26(29)23-12-14-27-24-11-7-6-10-22(23)24/h3-12,14,20-21,25-26,29H,2,13,15-18H2,1H3/q+1/t20-,21-,25+,26+,28+/m0/s1. The molecule has 2 bridgehead atoms. The summed E-state index contributed by atoms with van der Waals surface area (Å²) in [6, 6.07) is 21.4. The largest absolute Gasteiger partial charge is 0.382 e. The van der Waals surface area contributed by atoms with Crippen molar-refractivity contribution in [2.75, 3.05) is 13.1 Å². The molecule has 0 amide bonds. The third-order valence-electron chi connectivity index (χ3n) is 7.69. The van der Waals surface area contributed by atoms with Crippen LogP contribution in [0.25, 0.3) is 10.9 Å². The smallest absolute Gasteiger partial charge is 0.131 e. The number of para-hydroxylation sites is 1. The summed E-state index contributed by atoms with van der Waals surface area (Å²) >= 11 is 0. The minimum atomic E-state index is -0.452. The highest BCUT2D eigenvalue weighted by molar-refractivity contribution is 5.82. The van der Waals surface area contributed by atoms with Crippen LogP contribution in [0.5, 0.6) is 0 Å². The van der Waals surface area contributed by atoms with E-state index in [-0.39, 0.29) is 6.04 Å². The number of aliphatic hydroxyl groups is 1. The molecule has 4 heterocycles. The van der Waals surface area contributed by atoms with Crippen molar-refractivity contribution in [3.63, 3.8) is 0 Å². The lowest BCUT2D eigenvalue weighted by molar-refractivity contribution is -0.985. The fraction of sp³-hybridized carbons (Fsp3) is 0.423. The molecule has 3 heteroatoms. The molecule has 3 aliphatic heterocycles. The van der Waals surface area contributed by atoms with Gasteiger partial charge in [0, 0.05) is 35.9 Å². The number of nitrogens with zero attached hydrogens (tertiary/aromatic N) is 2. The van der Waals surface area contributed by atoms with Crippen molar-refractivity contribution in [2.45, 2.75) is 44.9 Å². The van der Waals surface area contributed by atoms with E-state index in [1.54, 1.807) is 0 Å². The second-order valence-corrected chi connectivity index (χ2v) is 9.15. The highest BCUT2D eigenvalue weighted by atomic mass is 16.3. The van der Waals surface area contributed by atoms with Crippen LogP contribution in [0.4, 0.5) is 0 Å². The first-order chi connectivity index (χ1) is 14.2. The van der Waals surface area contributed by atoms with Crippen molar-refractivity contribution in [3.8, 4) is 0 Å². The Morgan fingerprint density at radius 2 is 1.86 bits per heavy atom. The molecule has 1 N–H and O–H groups in total. The zero-order chi connectivity index (χ0) is 19.8. The predicted molar refractivity (Wildman–Crippen MR) is 117 cm³/mol. The average molecular weight is 388 g/mol. The van der Waals surface area contributed by atoms with Gasteiger partial charge in [-0.05, 0) is 30.0 Å². The van der Waals surface area contributed by atoms with E-state index in [1.165, 1.54) is 31.5 Å². The van der Waals surface area contributed by atoms with Crippen LogP contribution in [-0.2, 0) is 6.54 Å². The Morgan fingerprint density at radius 3 is 2.69 bits per heavy atom. The van der Waals surface area contributed by atoms with Gasteiger partial charge >= 0.3 is 0 Å². The summed E-state index contributed by atoms with van der Waals surface area (Å²) in [6.45, 7) is 5.74. The van der Waals surface area contributed by atoms with Gasteiger partial charge in [0.2, 0.25) is 0 Å². The second kappa shape index (κ2) is 7.55. The van der Waals surface area contributed by atoms with Crippen LogP contribution in [0.1, 0.15) is 43.4 Å². The molecular weight excluding hydrogens is 356 g/mol. The lowest BCUT2D eigenvalue weighted by Gasteiger charge is -2.58. The summed E-state index contributed by atoms with van der Waals surface area (Å²) < 4.78 is 1.02. The lowest BCUT2D eigenvalue weighted by atomic mass is 9.70. The fourth-order valence-electron chi connectivity index (χ4n) is 6.19. The molecule has 0 unspecified atom stereocenters. The first kappa shape index (κ1) is 18.8. The monoisotopic (exact) mass is 387 g/mol. The summed E-state index contributed by atoms with van der Waals surface area (Å²) in [5.41, 5.74) is 3.41. The maximum atomic E-state index is 11.7. The molecule has 0 spiro atoms. The maximum absolute atomic E-state index is 11.7. The number of aromatic nitrogens is 1. The summed E-state index contributed by atoms with van der Waals surface area (Å²) in [6.07, 6.45) is 5.08. The molecule has 0 aliphatic carbocycles. The Bertz CT molecular complexity index is 983. The second-order valence-electron chi connectivity index (χ2n) is 9.15. The van der Waals surface area contributed by atoms with Gasteiger partial charge in [-0.15, -0.1) is 0 Å². The van der Waals surface area contributed by atoms with Gasteiger partial charge in [0.15, 0.2) is 0 Å². The van der Waals surface area contributed by atoms with Crippen molar-refractivity contribution in [3.05, 3.63) is 78.0 Å². The summed E-state index contributed by atoms with van der Waals surface area (Å²) in [5.74, 6) is 1.54. The van der Waals surface area contributed by atoms with E-state index in [0.717, 1.165) is 45.8 Å². The Hall–Kier alpha value is -2.23. The topological polar surface area (TPSA) is 33.1 Å². The van der Waals surface area contributed by atoms with Crippen molar-refractivity contribution < 1.29 is 9.59 Å². The third kappa shape index (κ3) is 3.27. The van der Waals surface area contributed by atoms with E-state index in [0.29, 0.717) is 0 Å². The first-order valence-electron chi connectivity index (χ1n) is 11.1. The number of quaternary nitrogens is 1. The van der Waals surface area contributed by atoms with Gasteiger partial charge in [-0.25, -0.2) is 0 Å². The van der Waals surface area contributed by atoms with Crippen molar-refractivity contribution >= 4 is 10.9 Å². The van der Waals surface area contributed by atoms with Crippen LogP contribution in [0, 0.1) is 11.8 Å². The highest BCUT2D eigenvalue weighted by Gasteiger charge is 2.54. The molecule has 5 atom stereocenters. The number of rotatable bonds is 5. The van der Waals surface area contributed by atoms with E-state index in [2.05, 4.69) is 54.4 Å². The van der Waals surface area contributed by atoms with Gasteiger partial charge in [0.1, 0.15) is 18.7 Å². The van der Waals surface area contributed by atoms with E-state index in [1.807, 2.05) is 24.4 Å². The molecular formula is C26H31N2O+. The SMILES string of the molecule is CC[C@H]1C[N@+]2(Cc3ccccc3)CC[C@H]1C[C@@H]2[C@H](O)c1ccnc2ccccc12. The van der Waals surface area contributed by atoms with Crippen molar-refractivity contribution in [1.29, 1.82) is 0 Å². The number of aliphatic hydroxyl groups excluding tert-OH is 1. The number of pyridine rings is 1. The third-order valence-corrected chi connectivity index (χ3v) is 7.69. The summed E-state index contributed by atoms with van der Waals surface area (Å²) in [5, 5.41) is 12.8. The van der Waals surface area contributed by atoms with Crippen LogP contribution in [-0.4, -0.2) is 33.7 Å². The van der Waals surface area contributed by atoms with Gasteiger partial charge < -0.3 is 9.59 Å².